The first-order valence-electron chi connectivity index (χ1n) is 11.4. The van der Waals surface area contributed by atoms with E-state index in [2.05, 4.69) is 9.88 Å². The SMILES string of the molecule is C[C@@H]1CN(c2ccc(-n3ccc4c(-c5ccc(C(F)(F)F)cc5)cccc4c3=O)cn2)C[C@H](C)O1. The van der Waals surface area contributed by atoms with Gasteiger partial charge in [0.15, 0.2) is 0 Å². The van der Waals surface area contributed by atoms with Crippen LogP contribution in [-0.2, 0) is 10.9 Å². The molecule has 0 radical (unpaired) electrons. The molecule has 0 saturated carbocycles. The van der Waals surface area contributed by atoms with Crippen molar-refractivity contribution in [3.8, 4) is 16.8 Å². The molecule has 8 heteroatoms. The predicted octanol–water partition coefficient (Wildman–Crippen LogP) is 5.69. The molecule has 1 aliphatic heterocycles. The van der Waals surface area contributed by atoms with Crippen molar-refractivity contribution in [2.45, 2.75) is 32.2 Å². The summed E-state index contributed by atoms with van der Waals surface area (Å²) in [5.41, 5.74) is 1.01. The zero-order chi connectivity index (χ0) is 24.7. The Hall–Kier alpha value is -3.65. The lowest BCUT2D eigenvalue weighted by molar-refractivity contribution is -0.137. The molecule has 35 heavy (non-hydrogen) atoms. The highest BCUT2D eigenvalue weighted by Gasteiger charge is 2.30. The van der Waals surface area contributed by atoms with E-state index in [1.165, 1.54) is 16.7 Å². The lowest BCUT2D eigenvalue weighted by Crippen LogP contribution is -2.45. The first kappa shape index (κ1) is 23.1. The van der Waals surface area contributed by atoms with Crippen molar-refractivity contribution in [3.05, 3.63) is 89.0 Å². The minimum absolute atomic E-state index is 0.113. The summed E-state index contributed by atoms with van der Waals surface area (Å²) in [7, 11) is 0. The Kier molecular flexibility index (Phi) is 5.84. The van der Waals surface area contributed by atoms with Gasteiger partial charge in [0.25, 0.3) is 5.56 Å². The van der Waals surface area contributed by atoms with Gasteiger partial charge in [-0.15, -0.1) is 0 Å². The van der Waals surface area contributed by atoms with Gasteiger partial charge in [-0.05, 0) is 66.8 Å². The van der Waals surface area contributed by atoms with Gasteiger partial charge in [-0.2, -0.15) is 13.2 Å². The first-order valence-corrected chi connectivity index (χ1v) is 11.4. The van der Waals surface area contributed by atoms with Crippen LogP contribution < -0.4 is 10.5 Å². The summed E-state index contributed by atoms with van der Waals surface area (Å²) in [6.45, 7) is 5.56. The number of fused-ring (bicyclic) bond motifs is 1. The monoisotopic (exact) mass is 479 g/mol. The summed E-state index contributed by atoms with van der Waals surface area (Å²) >= 11 is 0. The molecule has 5 rings (SSSR count). The van der Waals surface area contributed by atoms with Gasteiger partial charge in [0.1, 0.15) is 5.82 Å². The second kappa shape index (κ2) is 8.85. The fraction of sp³-hybridized carbons (Fsp3) is 0.259. The smallest absolute Gasteiger partial charge is 0.372 e. The highest BCUT2D eigenvalue weighted by Crippen LogP contribution is 2.33. The molecule has 2 aromatic carbocycles. The maximum absolute atomic E-state index is 13.3. The minimum Gasteiger partial charge on any atom is -0.372 e. The number of aromatic nitrogens is 2. The summed E-state index contributed by atoms with van der Waals surface area (Å²) in [5.74, 6) is 0.828. The molecular formula is C27H24F3N3O2. The summed E-state index contributed by atoms with van der Waals surface area (Å²) in [5, 5.41) is 1.15. The maximum Gasteiger partial charge on any atom is 0.416 e. The van der Waals surface area contributed by atoms with E-state index >= 15 is 0 Å². The third-order valence-corrected chi connectivity index (χ3v) is 6.22. The van der Waals surface area contributed by atoms with Gasteiger partial charge < -0.3 is 9.64 Å². The number of benzene rings is 2. The summed E-state index contributed by atoms with van der Waals surface area (Å²) in [4.78, 5) is 20.1. The van der Waals surface area contributed by atoms with Crippen molar-refractivity contribution in [1.82, 2.24) is 9.55 Å². The Morgan fingerprint density at radius 2 is 1.63 bits per heavy atom. The Morgan fingerprint density at radius 3 is 2.26 bits per heavy atom. The molecule has 4 aromatic rings. The van der Waals surface area contributed by atoms with Gasteiger partial charge in [-0.25, -0.2) is 4.98 Å². The normalized spacial score (nSPS) is 18.7. The Bertz CT molecular complexity index is 1400. The Balaban J connectivity index is 1.48. The van der Waals surface area contributed by atoms with Gasteiger partial charge in [0.2, 0.25) is 0 Å². The van der Waals surface area contributed by atoms with Crippen molar-refractivity contribution in [1.29, 1.82) is 0 Å². The lowest BCUT2D eigenvalue weighted by atomic mass is 9.98. The van der Waals surface area contributed by atoms with E-state index in [1.54, 1.807) is 30.6 Å². The number of rotatable bonds is 3. The first-order chi connectivity index (χ1) is 16.7. The Morgan fingerprint density at radius 1 is 0.914 bits per heavy atom. The highest BCUT2D eigenvalue weighted by molar-refractivity contribution is 5.96. The number of nitrogens with zero attached hydrogens (tertiary/aromatic N) is 3. The molecule has 1 fully saturated rings. The van der Waals surface area contributed by atoms with Crippen molar-refractivity contribution in [3.63, 3.8) is 0 Å². The Labute approximate surface area is 200 Å². The third kappa shape index (κ3) is 4.53. The van der Waals surface area contributed by atoms with E-state index in [4.69, 9.17) is 4.74 Å². The molecule has 180 valence electrons. The second-order valence-electron chi connectivity index (χ2n) is 8.87. The van der Waals surface area contributed by atoms with Gasteiger partial charge in [-0.1, -0.05) is 24.3 Å². The largest absolute Gasteiger partial charge is 0.416 e. The molecule has 0 amide bonds. The van der Waals surface area contributed by atoms with Crippen LogP contribution in [0.25, 0.3) is 27.6 Å². The number of anilines is 1. The van der Waals surface area contributed by atoms with Gasteiger partial charge in [-0.3, -0.25) is 9.36 Å². The molecule has 2 aromatic heterocycles. The van der Waals surface area contributed by atoms with Crippen LogP contribution in [0, 0.1) is 0 Å². The molecule has 0 N–H and O–H groups in total. The zero-order valence-corrected chi connectivity index (χ0v) is 19.3. The molecule has 3 heterocycles. The molecular weight excluding hydrogens is 455 g/mol. The van der Waals surface area contributed by atoms with Crippen LogP contribution in [0.15, 0.2) is 77.9 Å². The predicted molar refractivity (Wildman–Crippen MR) is 130 cm³/mol. The standard InChI is InChI=1S/C27H24F3N3O2/c1-17-15-32(16-18(2)35-17)25-11-10-21(14-31-25)33-13-12-23-22(4-3-5-24(23)26(33)34)19-6-8-20(9-7-19)27(28,29)30/h3-14,17-18H,15-16H2,1-2H3/t17-,18+. The van der Waals surface area contributed by atoms with E-state index in [0.29, 0.717) is 27.6 Å². The molecule has 0 spiro atoms. The second-order valence-corrected chi connectivity index (χ2v) is 8.87. The van der Waals surface area contributed by atoms with Gasteiger partial charge >= 0.3 is 6.18 Å². The van der Waals surface area contributed by atoms with Crippen LogP contribution >= 0.6 is 0 Å². The topological polar surface area (TPSA) is 47.4 Å². The number of pyridine rings is 2. The van der Waals surface area contributed by atoms with Crippen LogP contribution in [0.2, 0.25) is 0 Å². The van der Waals surface area contributed by atoms with Crippen LogP contribution in [0.3, 0.4) is 0 Å². The van der Waals surface area contributed by atoms with Crippen LogP contribution in [-0.4, -0.2) is 34.8 Å². The molecule has 0 bridgehead atoms. The maximum atomic E-state index is 13.3. The van der Waals surface area contributed by atoms with Crippen LogP contribution in [0.4, 0.5) is 19.0 Å². The lowest BCUT2D eigenvalue weighted by Gasteiger charge is -2.36. The van der Waals surface area contributed by atoms with Gasteiger partial charge in [0, 0.05) is 24.7 Å². The molecule has 1 aliphatic rings. The fourth-order valence-corrected chi connectivity index (χ4v) is 4.64. The van der Waals surface area contributed by atoms with Crippen LogP contribution in [0.5, 0.6) is 0 Å². The van der Waals surface area contributed by atoms with Crippen molar-refractivity contribution in [2.24, 2.45) is 0 Å². The molecule has 2 atom stereocenters. The number of ether oxygens (including phenoxy) is 1. The molecule has 0 unspecified atom stereocenters. The van der Waals surface area contributed by atoms with Crippen molar-refractivity contribution in [2.75, 3.05) is 18.0 Å². The van der Waals surface area contributed by atoms with E-state index in [9.17, 15) is 18.0 Å². The van der Waals surface area contributed by atoms with E-state index < -0.39 is 11.7 Å². The van der Waals surface area contributed by atoms with Gasteiger partial charge in [0.05, 0.1) is 29.7 Å². The average Bonchev–Trinajstić information content (AvgIpc) is 2.83. The quantitative estimate of drug-likeness (QED) is 0.379. The number of alkyl halides is 3. The third-order valence-electron chi connectivity index (χ3n) is 6.22. The molecule has 1 saturated heterocycles. The summed E-state index contributed by atoms with van der Waals surface area (Å²) in [6, 6.07) is 15.8. The van der Waals surface area contributed by atoms with Crippen molar-refractivity contribution < 1.29 is 17.9 Å². The van der Waals surface area contributed by atoms with Crippen LogP contribution in [0.1, 0.15) is 19.4 Å². The summed E-state index contributed by atoms with van der Waals surface area (Å²) < 4.78 is 46.1. The molecule has 0 aliphatic carbocycles. The van der Waals surface area contributed by atoms with E-state index in [1.807, 2.05) is 32.0 Å². The summed E-state index contributed by atoms with van der Waals surface area (Å²) in [6.07, 6.45) is -0.822. The number of morpholine rings is 1. The molecule has 5 nitrogen and oxygen atoms in total. The average molecular weight is 480 g/mol. The minimum atomic E-state index is -4.40. The zero-order valence-electron chi connectivity index (χ0n) is 19.3. The number of hydrogen-bond donors (Lipinski definition) is 0. The van der Waals surface area contributed by atoms with Crippen molar-refractivity contribution >= 4 is 16.6 Å². The van der Waals surface area contributed by atoms with E-state index in [0.717, 1.165) is 31.0 Å². The number of halogens is 3. The number of hydrogen-bond acceptors (Lipinski definition) is 4. The fourth-order valence-electron chi connectivity index (χ4n) is 4.64. The highest BCUT2D eigenvalue weighted by atomic mass is 19.4. The van der Waals surface area contributed by atoms with E-state index in [-0.39, 0.29) is 17.8 Å².